The van der Waals surface area contributed by atoms with E-state index < -0.39 is 5.41 Å². The number of hydrogen-bond acceptors (Lipinski definition) is 3. The Morgan fingerprint density at radius 3 is 2.59 bits per heavy atom. The number of carbonyl (C=O) groups is 1. The van der Waals surface area contributed by atoms with E-state index in [4.69, 9.17) is 0 Å². The third-order valence-electron chi connectivity index (χ3n) is 3.37. The molecule has 0 spiro atoms. The van der Waals surface area contributed by atoms with Crippen LogP contribution in [0, 0.1) is 22.7 Å². The van der Waals surface area contributed by atoms with Gasteiger partial charge in [0.1, 0.15) is 5.41 Å². The van der Waals surface area contributed by atoms with Crippen LogP contribution in [-0.4, -0.2) is 17.9 Å². The summed E-state index contributed by atoms with van der Waals surface area (Å²) in [6.07, 6.45) is 4.61. The van der Waals surface area contributed by atoms with E-state index in [9.17, 15) is 10.1 Å². The lowest BCUT2D eigenvalue weighted by molar-refractivity contribution is -0.130. The Bertz CT molecular complexity index is 457. The molecule has 1 heterocycles. The number of amides is 1. The van der Waals surface area contributed by atoms with Gasteiger partial charge in [-0.05, 0) is 30.9 Å². The van der Waals surface area contributed by atoms with Crippen molar-refractivity contribution in [3.05, 3.63) is 24.5 Å². The topological polar surface area (TPSA) is 57.0 Å². The SMILES string of the molecule is CC1CC(C#N)(C(=O)N(C)c2ccncc2)C1. The Labute approximate surface area is 101 Å². The molecule has 0 radical (unpaired) electrons. The van der Waals surface area contributed by atoms with E-state index in [0.29, 0.717) is 18.8 Å². The van der Waals surface area contributed by atoms with E-state index in [0.717, 1.165) is 5.69 Å². The average Bonchev–Trinajstić information content (AvgIpc) is 2.34. The van der Waals surface area contributed by atoms with Crippen molar-refractivity contribution < 1.29 is 4.79 Å². The van der Waals surface area contributed by atoms with Crippen LogP contribution in [-0.2, 0) is 4.79 Å². The van der Waals surface area contributed by atoms with Crippen molar-refractivity contribution in [3.8, 4) is 6.07 Å². The summed E-state index contributed by atoms with van der Waals surface area (Å²) >= 11 is 0. The zero-order valence-corrected chi connectivity index (χ0v) is 10.1. The summed E-state index contributed by atoms with van der Waals surface area (Å²) in [5.74, 6) is 0.355. The van der Waals surface area contributed by atoms with Crippen LogP contribution in [0.25, 0.3) is 0 Å². The van der Waals surface area contributed by atoms with Crippen LogP contribution in [0.4, 0.5) is 5.69 Å². The summed E-state index contributed by atoms with van der Waals surface area (Å²) in [4.78, 5) is 17.8. The molecule has 0 saturated heterocycles. The molecule has 4 nitrogen and oxygen atoms in total. The maximum Gasteiger partial charge on any atom is 0.247 e. The number of nitriles is 1. The zero-order valence-electron chi connectivity index (χ0n) is 10.1. The van der Waals surface area contributed by atoms with Crippen molar-refractivity contribution >= 4 is 11.6 Å². The fourth-order valence-corrected chi connectivity index (χ4v) is 2.45. The Balaban J connectivity index is 2.19. The summed E-state index contributed by atoms with van der Waals surface area (Å²) in [6.45, 7) is 2.06. The minimum Gasteiger partial charge on any atom is -0.314 e. The highest BCUT2D eigenvalue weighted by Crippen LogP contribution is 2.46. The van der Waals surface area contributed by atoms with Crippen molar-refractivity contribution in [2.45, 2.75) is 19.8 Å². The monoisotopic (exact) mass is 229 g/mol. The van der Waals surface area contributed by atoms with Crippen molar-refractivity contribution in [1.29, 1.82) is 5.26 Å². The van der Waals surface area contributed by atoms with Crippen LogP contribution in [0.1, 0.15) is 19.8 Å². The van der Waals surface area contributed by atoms with Crippen LogP contribution in [0.15, 0.2) is 24.5 Å². The molecule has 17 heavy (non-hydrogen) atoms. The van der Waals surface area contributed by atoms with Crippen molar-refractivity contribution in [3.63, 3.8) is 0 Å². The molecule has 0 bridgehead atoms. The number of pyridine rings is 1. The number of anilines is 1. The van der Waals surface area contributed by atoms with E-state index in [1.165, 1.54) is 0 Å². The first kappa shape index (κ1) is 11.6. The maximum absolute atomic E-state index is 12.3. The molecule has 1 amide bonds. The van der Waals surface area contributed by atoms with Gasteiger partial charge in [-0.25, -0.2) is 0 Å². The Morgan fingerprint density at radius 1 is 1.53 bits per heavy atom. The zero-order chi connectivity index (χ0) is 12.5. The molecule has 0 N–H and O–H groups in total. The van der Waals surface area contributed by atoms with Gasteiger partial charge in [0, 0.05) is 25.1 Å². The number of nitrogens with zero attached hydrogens (tertiary/aromatic N) is 3. The molecule has 1 aromatic rings. The van der Waals surface area contributed by atoms with Crippen molar-refractivity contribution in [2.24, 2.45) is 11.3 Å². The van der Waals surface area contributed by atoms with E-state index in [1.54, 1.807) is 36.5 Å². The number of aromatic nitrogens is 1. The van der Waals surface area contributed by atoms with E-state index >= 15 is 0 Å². The largest absolute Gasteiger partial charge is 0.314 e. The van der Waals surface area contributed by atoms with Gasteiger partial charge in [-0.1, -0.05) is 6.92 Å². The smallest absolute Gasteiger partial charge is 0.247 e. The lowest BCUT2D eigenvalue weighted by atomic mass is 9.63. The van der Waals surface area contributed by atoms with Gasteiger partial charge in [0.15, 0.2) is 0 Å². The Kier molecular flexibility index (Phi) is 2.84. The van der Waals surface area contributed by atoms with Gasteiger partial charge in [0.25, 0.3) is 0 Å². The van der Waals surface area contributed by atoms with Crippen LogP contribution in [0.3, 0.4) is 0 Å². The molecule has 1 saturated carbocycles. The second-order valence-corrected chi connectivity index (χ2v) is 4.78. The second-order valence-electron chi connectivity index (χ2n) is 4.78. The lowest BCUT2D eigenvalue weighted by Gasteiger charge is -2.41. The number of rotatable bonds is 2. The third kappa shape index (κ3) is 1.89. The average molecular weight is 229 g/mol. The molecule has 4 heteroatoms. The summed E-state index contributed by atoms with van der Waals surface area (Å²) < 4.78 is 0. The first-order valence-electron chi connectivity index (χ1n) is 5.68. The molecule has 2 rings (SSSR count). The van der Waals surface area contributed by atoms with Crippen molar-refractivity contribution in [1.82, 2.24) is 4.98 Å². The van der Waals surface area contributed by atoms with Crippen LogP contribution in [0.2, 0.25) is 0 Å². The Morgan fingerprint density at radius 2 is 2.12 bits per heavy atom. The van der Waals surface area contributed by atoms with Gasteiger partial charge in [-0.15, -0.1) is 0 Å². The van der Waals surface area contributed by atoms with Gasteiger partial charge >= 0.3 is 0 Å². The highest BCUT2D eigenvalue weighted by Gasteiger charge is 2.50. The fraction of sp³-hybridized carbons (Fsp3) is 0.462. The molecular weight excluding hydrogens is 214 g/mol. The lowest BCUT2D eigenvalue weighted by Crippen LogP contribution is -2.48. The summed E-state index contributed by atoms with van der Waals surface area (Å²) in [7, 11) is 1.71. The minimum atomic E-state index is -0.808. The maximum atomic E-state index is 12.3. The van der Waals surface area contributed by atoms with Crippen LogP contribution in [0.5, 0.6) is 0 Å². The molecular formula is C13H15N3O. The predicted molar refractivity (Wildman–Crippen MR) is 64.1 cm³/mol. The van der Waals surface area contributed by atoms with Crippen LogP contribution >= 0.6 is 0 Å². The van der Waals surface area contributed by atoms with Crippen molar-refractivity contribution in [2.75, 3.05) is 11.9 Å². The molecule has 1 fully saturated rings. The first-order valence-corrected chi connectivity index (χ1v) is 5.68. The standard InChI is InChI=1S/C13H15N3O/c1-10-7-13(8-10,9-14)12(17)16(2)11-3-5-15-6-4-11/h3-6,10H,7-8H2,1-2H3. The summed E-state index contributed by atoms with van der Waals surface area (Å²) in [5, 5.41) is 9.21. The second kappa shape index (κ2) is 4.17. The van der Waals surface area contributed by atoms with E-state index in [1.807, 2.05) is 0 Å². The van der Waals surface area contributed by atoms with E-state index in [-0.39, 0.29) is 5.91 Å². The number of hydrogen-bond donors (Lipinski definition) is 0. The number of carbonyl (C=O) groups excluding carboxylic acids is 1. The molecule has 0 unspecified atom stereocenters. The quantitative estimate of drug-likeness (QED) is 0.779. The van der Waals surface area contributed by atoms with Gasteiger partial charge in [0.2, 0.25) is 5.91 Å². The summed E-state index contributed by atoms with van der Waals surface area (Å²) in [5.41, 5.74) is -0.0311. The molecule has 1 aliphatic rings. The molecule has 1 aromatic heterocycles. The molecule has 0 aliphatic heterocycles. The predicted octanol–water partition coefficient (Wildman–Crippen LogP) is 1.98. The normalized spacial score (nSPS) is 26.8. The van der Waals surface area contributed by atoms with Gasteiger partial charge in [-0.2, -0.15) is 5.26 Å². The highest BCUT2D eigenvalue weighted by molar-refractivity contribution is 5.99. The Hall–Kier alpha value is -1.89. The van der Waals surface area contributed by atoms with Gasteiger partial charge in [0.05, 0.1) is 6.07 Å². The molecule has 88 valence electrons. The first-order chi connectivity index (χ1) is 8.09. The third-order valence-corrected chi connectivity index (χ3v) is 3.37. The summed E-state index contributed by atoms with van der Waals surface area (Å²) in [6, 6.07) is 5.73. The molecule has 0 atom stereocenters. The molecule has 1 aliphatic carbocycles. The van der Waals surface area contributed by atoms with Crippen LogP contribution < -0.4 is 4.90 Å². The van der Waals surface area contributed by atoms with Gasteiger partial charge in [-0.3, -0.25) is 9.78 Å². The fourth-order valence-electron chi connectivity index (χ4n) is 2.45. The van der Waals surface area contributed by atoms with Gasteiger partial charge < -0.3 is 4.90 Å². The highest BCUT2D eigenvalue weighted by atomic mass is 16.2. The van der Waals surface area contributed by atoms with E-state index in [2.05, 4.69) is 18.0 Å². The minimum absolute atomic E-state index is 0.107. The molecule has 0 aromatic carbocycles.